The summed E-state index contributed by atoms with van der Waals surface area (Å²) in [6, 6.07) is 7.51. The van der Waals surface area contributed by atoms with E-state index in [2.05, 4.69) is 20.9 Å². The number of hydrogen-bond acceptors (Lipinski definition) is 5. The van der Waals surface area contributed by atoms with Gasteiger partial charge in [-0.2, -0.15) is 8.42 Å². The fourth-order valence-corrected chi connectivity index (χ4v) is 5.02. The third-order valence-electron chi connectivity index (χ3n) is 3.78. The molecule has 1 aliphatic rings. The Kier molecular flexibility index (Phi) is 5.14. The van der Waals surface area contributed by atoms with Crippen LogP contribution in [-0.2, 0) is 16.7 Å². The van der Waals surface area contributed by atoms with Crippen LogP contribution in [0.2, 0.25) is 0 Å². The maximum absolute atomic E-state index is 12.8. The summed E-state index contributed by atoms with van der Waals surface area (Å²) >= 11 is 4.23. The molecule has 0 saturated carbocycles. The first-order chi connectivity index (χ1) is 11.8. The first-order valence-corrected chi connectivity index (χ1v) is 10.6. The molecule has 0 bridgehead atoms. The molecule has 2 aromatic rings. The van der Waals surface area contributed by atoms with E-state index in [0.29, 0.717) is 19.6 Å². The number of rotatable bonds is 4. The average Bonchev–Trinajstić information content (AvgIpc) is 2.91. The normalized spacial score (nSPS) is 15.7. The third kappa shape index (κ3) is 4.02. The Balaban J connectivity index is 1.83. The minimum Gasteiger partial charge on any atom is -0.320 e. The van der Waals surface area contributed by atoms with E-state index in [1.807, 2.05) is 24.3 Å². The molecular weight excluding hydrogens is 430 g/mol. The number of aromatic nitrogens is 1. The van der Waals surface area contributed by atoms with Gasteiger partial charge in [0, 0.05) is 24.1 Å². The van der Waals surface area contributed by atoms with Gasteiger partial charge in [0.1, 0.15) is 0 Å². The van der Waals surface area contributed by atoms with Crippen molar-refractivity contribution >= 4 is 48.5 Å². The maximum Gasteiger partial charge on any atom is 0.326 e. The highest BCUT2D eigenvalue weighted by Gasteiger charge is 2.31. The predicted molar refractivity (Wildman–Crippen MR) is 98.6 cm³/mol. The number of amides is 2. The molecule has 0 unspecified atom stereocenters. The van der Waals surface area contributed by atoms with Crippen LogP contribution in [0.3, 0.4) is 0 Å². The summed E-state index contributed by atoms with van der Waals surface area (Å²) in [5.41, 5.74) is 1.19. The summed E-state index contributed by atoms with van der Waals surface area (Å²) in [5.74, 6) is 0. The second-order valence-electron chi connectivity index (χ2n) is 5.68. The summed E-state index contributed by atoms with van der Waals surface area (Å²) in [4.78, 5) is 20.1. The van der Waals surface area contributed by atoms with Gasteiger partial charge in [0.25, 0.3) is 0 Å². The van der Waals surface area contributed by atoms with Crippen LogP contribution < -0.4 is 4.90 Å². The van der Waals surface area contributed by atoms with Crippen LogP contribution >= 0.6 is 27.3 Å². The Morgan fingerprint density at radius 1 is 1.36 bits per heavy atom. The Morgan fingerprint density at radius 3 is 2.76 bits per heavy atom. The first kappa shape index (κ1) is 18.3. The lowest BCUT2D eigenvalue weighted by Gasteiger charge is -2.34. The van der Waals surface area contributed by atoms with Crippen LogP contribution in [0.1, 0.15) is 17.7 Å². The second-order valence-corrected chi connectivity index (χ2v) is 9.19. The van der Waals surface area contributed by atoms with Gasteiger partial charge in [0.15, 0.2) is 9.34 Å². The van der Waals surface area contributed by atoms with Crippen molar-refractivity contribution in [3.63, 3.8) is 0 Å². The van der Waals surface area contributed by atoms with E-state index in [-0.39, 0.29) is 21.1 Å². The van der Waals surface area contributed by atoms with Gasteiger partial charge in [-0.25, -0.2) is 9.78 Å². The lowest BCUT2D eigenvalue weighted by molar-refractivity contribution is 0.192. The average molecular weight is 446 g/mol. The van der Waals surface area contributed by atoms with Crippen LogP contribution in [0.4, 0.5) is 9.93 Å². The van der Waals surface area contributed by atoms with Gasteiger partial charge in [0.05, 0.1) is 5.69 Å². The van der Waals surface area contributed by atoms with E-state index in [9.17, 15) is 17.8 Å². The van der Waals surface area contributed by atoms with Crippen molar-refractivity contribution in [3.8, 4) is 0 Å². The number of anilines is 1. The molecule has 0 atom stereocenters. The number of benzene rings is 1. The molecule has 10 heteroatoms. The molecule has 1 aromatic heterocycles. The highest BCUT2D eigenvalue weighted by Crippen LogP contribution is 2.31. The molecule has 25 heavy (non-hydrogen) atoms. The minimum atomic E-state index is -4.34. The molecule has 2 amide bonds. The number of carbonyl (C=O) groups is 1. The molecule has 1 aromatic carbocycles. The highest BCUT2D eigenvalue weighted by molar-refractivity contribution is 9.10. The van der Waals surface area contributed by atoms with Gasteiger partial charge < -0.3 is 4.90 Å². The molecule has 0 radical (unpaired) electrons. The number of carbonyl (C=O) groups excluding carboxylic acids is 1. The molecule has 0 aliphatic carbocycles. The fraction of sp³-hybridized carbons (Fsp3) is 0.333. The van der Waals surface area contributed by atoms with Crippen LogP contribution in [0.5, 0.6) is 0 Å². The standard InChI is InChI=1S/C15H16BrN3O4S2/c1-10-13(25(21,22)23)24-14(17-10)19-7-3-6-18(15(19)20)9-11-4-2-5-12(16)8-11/h2,4-5,8H,3,6-7,9H2,1H3,(H,21,22,23). The highest BCUT2D eigenvalue weighted by atomic mass is 79.9. The quantitative estimate of drug-likeness (QED) is 0.728. The van der Waals surface area contributed by atoms with Crippen molar-refractivity contribution in [1.29, 1.82) is 0 Å². The van der Waals surface area contributed by atoms with E-state index in [1.54, 1.807) is 4.90 Å². The molecule has 2 heterocycles. The van der Waals surface area contributed by atoms with Crippen molar-refractivity contribution in [1.82, 2.24) is 9.88 Å². The molecule has 134 valence electrons. The largest absolute Gasteiger partial charge is 0.326 e. The lowest BCUT2D eigenvalue weighted by Crippen LogP contribution is -2.49. The zero-order valence-electron chi connectivity index (χ0n) is 13.3. The Morgan fingerprint density at radius 2 is 2.12 bits per heavy atom. The van der Waals surface area contributed by atoms with Gasteiger partial charge in [-0.1, -0.05) is 39.4 Å². The molecule has 0 spiro atoms. The lowest BCUT2D eigenvalue weighted by atomic mass is 10.2. The van der Waals surface area contributed by atoms with E-state index in [1.165, 1.54) is 11.8 Å². The van der Waals surface area contributed by atoms with Crippen molar-refractivity contribution in [2.24, 2.45) is 0 Å². The molecule has 1 N–H and O–H groups in total. The van der Waals surface area contributed by atoms with Crippen molar-refractivity contribution in [2.75, 3.05) is 18.0 Å². The summed E-state index contributed by atoms with van der Waals surface area (Å²) in [5, 5.41) is 0.286. The molecule has 7 nitrogen and oxygen atoms in total. The summed E-state index contributed by atoms with van der Waals surface area (Å²) < 4.78 is 32.7. The third-order valence-corrected chi connectivity index (χ3v) is 6.90. The van der Waals surface area contributed by atoms with Gasteiger partial charge in [0.2, 0.25) is 0 Å². The summed E-state index contributed by atoms with van der Waals surface area (Å²) in [7, 11) is -4.34. The topological polar surface area (TPSA) is 90.8 Å². The first-order valence-electron chi connectivity index (χ1n) is 7.51. The van der Waals surface area contributed by atoms with E-state index < -0.39 is 10.1 Å². The zero-order valence-corrected chi connectivity index (χ0v) is 16.6. The molecular formula is C15H16BrN3O4S2. The van der Waals surface area contributed by atoms with Gasteiger partial charge in [-0.3, -0.25) is 9.45 Å². The number of hydrogen-bond donors (Lipinski definition) is 1. The van der Waals surface area contributed by atoms with Crippen molar-refractivity contribution in [3.05, 3.63) is 40.0 Å². The molecule has 1 fully saturated rings. The SMILES string of the molecule is Cc1nc(N2CCCN(Cc3cccc(Br)c3)C2=O)sc1S(=O)(=O)O. The predicted octanol–water partition coefficient (Wildman–Crippen LogP) is 3.29. The smallest absolute Gasteiger partial charge is 0.320 e. The number of nitrogens with zero attached hydrogens (tertiary/aromatic N) is 3. The molecule has 3 rings (SSSR count). The number of halogens is 1. The van der Waals surface area contributed by atoms with Crippen LogP contribution in [-0.4, -0.2) is 42.0 Å². The number of urea groups is 1. The number of aryl methyl sites for hydroxylation is 1. The van der Waals surface area contributed by atoms with Crippen LogP contribution in [0.25, 0.3) is 0 Å². The van der Waals surface area contributed by atoms with E-state index >= 15 is 0 Å². The molecule has 1 saturated heterocycles. The number of thiazole rings is 1. The Hall–Kier alpha value is -1.49. The zero-order chi connectivity index (χ0) is 18.2. The van der Waals surface area contributed by atoms with Gasteiger partial charge in [-0.15, -0.1) is 0 Å². The van der Waals surface area contributed by atoms with Gasteiger partial charge in [-0.05, 0) is 31.0 Å². The fourth-order valence-electron chi connectivity index (χ4n) is 2.68. The monoisotopic (exact) mass is 445 g/mol. The van der Waals surface area contributed by atoms with Crippen LogP contribution in [0.15, 0.2) is 32.9 Å². The van der Waals surface area contributed by atoms with Crippen molar-refractivity contribution in [2.45, 2.75) is 24.1 Å². The minimum absolute atomic E-state index is 0.194. The summed E-state index contributed by atoms with van der Waals surface area (Å²) in [6.07, 6.45) is 0.750. The van der Waals surface area contributed by atoms with Crippen LogP contribution in [0, 0.1) is 6.92 Å². The molecule has 1 aliphatic heterocycles. The van der Waals surface area contributed by atoms with E-state index in [4.69, 9.17) is 0 Å². The van der Waals surface area contributed by atoms with Gasteiger partial charge >= 0.3 is 16.1 Å². The van der Waals surface area contributed by atoms with Crippen molar-refractivity contribution < 1.29 is 17.8 Å². The Bertz CT molecular complexity index is 913. The maximum atomic E-state index is 12.8. The Labute approximate surface area is 158 Å². The van der Waals surface area contributed by atoms with E-state index in [0.717, 1.165) is 27.8 Å². The summed E-state index contributed by atoms with van der Waals surface area (Å²) in [6.45, 7) is 3.05. The second kappa shape index (κ2) is 7.02.